The van der Waals surface area contributed by atoms with Crippen molar-refractivity contribution < 1.29 is 0 Å². The third kappa shape index (κ3) is 7.23. The summed E-state index contributed by atoms with van der Waals surface area (Å²) >= 11 is 0. The van der Waals surface area contributed by atoms with Gasteiger partial charge in [0.05, 0.1) is 50.4 Å². The van der Waals surface area contributed by atoms with Crippen LogP contribution in [0, 0.1) is 0 Å². The van der Waals surface area contributed by atoms with E-state index in [0.29, 0.717) is 11.5 Å². The van der Waals surface area contributed by atoms with E-state index in [4.69, 9.17) is 24.9 Å². The molecule has 0 spiro atoms. The van der Waals surface area contributed by atoms with Gasteiger partial charge in [-0.1, -0.05) is 183 Å². The quantitative estimate of drug-likeness (QED) is 0.128. The van der Waals surface area contributed by atoms with E-state index < -0.39 is 0 Å². The molecule has 0 radical (unpaired) electrons. The van der Waals surface area contributed by atoms with Crippen LogP contribution >= 0.6 is 0 Å². The molecule has 0 aliphatic rings. The van der Waals surface area contributed by atoms with Gasteiger partial charge in [0.25, 0.3) is 0 Å². The summed E-state index contributed by atoms with van der Waals surface area (Å²) in [5, 5.41) is 3.18. The fourth-order valence-electron chi connectivity index (χ4n) is 9.32. The first-order valence-electron chi connectivity index (χ1n) is 22.9. The van der Waals surface area contributed by atoms with Gasteiger partial charge in [-0.2, -0.15) is 0 Å². The van der Waals surface area contributed by atoms with E-state index in [1.165, 1.54) is 0 Å². The highest BCUT2D eigenvalue weighted by Crippen LogP contribution is 2.39. The van der Waals surface area contributed by atoms with E-state index in [1.807, 2.05) is 84.9 Å². The van der Waals surface area contributed by atoms with E-state index in [0.717, 1.165) is 118 Å². The van der Waals surface area contributed by atoms with Gasteiger partial charge >= 0.3 is 0 Å². The van der Waals surface area contributed by atoms with Gasteiger partial charge in [0.1, 0.15) is 5.65 Å². The molecule has 12 aromatic rings. The predicted octanol–water partition coefficient (Wildman–Crippen LogP) is 14.9. The van der Waals surface area contributed by atoms with Gasteiger partial charge in [0, 0.05) is 38.4 Å². The van der Waals surface area contributed by atoms with Crippen molar-refractivity contribution in [3.05, 3.63) is 242 Å². The van der Waals surface area contributed by atoms with E-state index in [-0.39, 0.29) is 0 Å². The Balaban J connectivity index is 1.13. The minimum atomic E-state index is 0.666. The minimum absolute atomic E-state index is 0.666. The number of rotatable bonds is 10. The molecule has 0 aliphatic heterocycles. The second-order valence-electron chi connectivity index (χ2n) is 16.9. The maximum Gasteiger partial charge on any atom is 0.221 e. The first-order valence-corrected chi connectivity index (χ1v) is 22.9. The average Bonchev–Trinajstić information content (AvgIpc) is 3.96. The zero-order valence-electron chi connectivity index (χ0n) is 37.3. The summed E-state index contributed by atoms with van der Waals surface area (Å²) in [5.74, 6) is 1.41. The smallest absolute Gasteiger partial charge is 0.221 e. The number of imidazole rings is 1. The van der Waals surface area contributed by atoms with Gasteiger partial charge in [-0.05, 0) is 71.7 Å². The molecule has 7 nitrogen and oxygen atoms in total. The average molecular weight is 874 g/mol. The molecular weight excluding hydrogens is 831 g/mol. The van der Waals surface area contributed by atoms with Crippen LogP contribution in [0.5, 0.6) is 0 Å². The van der Waals surface area contributed by atoms with E-state index in [9.17, 15) is 0 Å². The highest BCUT2D eigenvalue weighted by Gasteiger charge is 2.22. The van der Waals surface area contributed by atoms with E-state index in [1.54, 1.807) is 0 Å². The van der Waals surface area contributed by atoms with Crippen molar-refractivity contribution in [3.8, 4) is 39.9 Å². The molecule has 0 unspecified atom stereocenters. The third-order valence-electron chi connectivity index (χ3n) is 12.7. The van der Waals surface area contributed by atoms with Gasteiger partial charge in [-0.25, -0.2) is 24.9 Å². The molecular formula is C61H43N7. The number of para-hydroxylation sites is 3. The molecule has 12 rings (SSSR count). The Labute approximate surface area is 393 Å². The number of benzene rings is 8. The molecule has 4 heterocycles. The van der Waals surface area contributed by atoms with Crippen molar-refractivity contribution in [2.24, 2.45) is 4.99 Å². The molecule has 8 aromatic carbocycles. The van der Waals surface area contributed by atoms with Crippen LogP contribution in [0.1, 0.15) is 30.0 Å². The van der Waals surface area contributed by atoms with Gasteiger partial charge in [0.2, 0.25) is 5.95 Å². The van der Waals surface area contributed by atoms with Crippen molar-refractivity contribution in [3.63, 3.8) is 0 Å². The molecule has 0 saturated carbocycles. The molecule has 0 N–H and O–H groups in total. The summed E-state index contributed by atoms with van der Waals surface area (Å²) < 4.78 is 4.53. The lowest BCUT2D eigenvalue weighted by Gasteiger charge is -2.14. The maximum absolute atomic E-state index is 5.54. The van der Waals surface area contributed by atoms with Crippen LogP contribution in [0.4, 0.5) is 0 Å². The van der Waals surface area contributed by atoms with Crippen molar-refractivity contribution >= 4 is 66.4 Å². The van der Waals surface area contributed by atoms with Crippen molar-refractivity contribution in [1.82, 2.24) is 28.9 Å². The zero-order valence-corrected chi connectivity index (χ0v) is 37.3. The monoisotopic (exact) mass is 873 g/mol. The Morgan fingerprint density at radius 3 is 1.79 bits per heavy atom. The fourth-order valence-corrected chi connectivity index (χ4v) is 9.32. The Hall–Kier alpha value is -9.07. The number of nitrogens with zero attached hydrogens (tertiary/aromatic N) is 7. The Morgan fingerprint density at radius 2 is 1.07 bits per heavy atom. The van der Waals surface area contributed by atoms with Crippen molar-refractivity contribution in [2.75, 3.05) is 0 Å². The van der Waals surface area contributed by atoms with Crippen LogP contribution in [0.25, 0.3) is 101 Å². The number of hydrogen-bond donors (Lipinski definition) is 0. The second-order valence-corrected chi connectivity index (χ2v) is 16.9. The summed E-state index contributed by atoms with van der Waals surface area (Å²) in [6, 6.07) is 73.2. The maximum atomic E-state index is 5.54. The molecule has 0 amide bonds. The summed E-state index contributed by atoms with van der Waals surface area (Å²) in [6.07, 6.45) is 2.99. The molecule has 4 aromatic heterocycles. The minimum Gasteiger partial charge on any atom is -0.279 e. The predicted molar refractivity (Wildman–Crippen MR) is 281 cm³/mol. The molecule has 0 saturated heterocycles. The second kappa shape index (κ2) is 17.1. The van der Waals surface area contributed by atoms with Crippen LogP contribution in [0.15, 0.2) is 230 Å². The topological polar surface area (TPSA) is 73.3 Å². The molecule has 0 aliphatic carbocycles. The van der Waals surface area contributed by atoms with E-state index >= 15 is 0 Å². The Morgan fingerprint density at radius 1 is 0.485 bits per heavy atom. The normalized spacial score (nSPS) is 12.2. The number of fused-ring (bicyclic) bond motifs is 8. The summed E-state index contributed by atoms with van der Waals surface area (Å²) in [4.78, 5) is 26.3. The molecule has 322 valence electrons. The van der Waals surface area contributed by atoms with Gasteiger partial charge in [-0.15, -0.1) is 0 Å². The van der Waals surface area contributed by atoms with Crippen molar-refractivity contribution in [1.29, 1.82) is 0 Å². The van der Waals surface area contributed by atoms with Crippen molar-refractivity contribution in [2.45, 2.75) is 13.3 Å². The highest BCUT2D eigenvalue weighted by atomic mass is 15.2. The standard InChI is InChI=1S/C61H43N7/c1-3-41(36-53(43-22-10-5-11-23-43)62-40(2)42-20-8-4-9-21-42)46-32-34-48-49-35-33-47(55-39-54(44-24-12-6-13-25-44)63-59(64-55)45-26-14-7-15-27-45)38-58(49)67(57(48)37-46)61-66-51-29-17-16-28-50(51)60-65-52-30-18-19-31-56(52)68(60)61/h4-39H,2-3H2,1H3/b41-36+,62-53+. The van der Waals surface area contributed by atoms with Crippen LogP contribution in [-0.4, -0.2) is 34.6 Å². The first kappa shape index (κ1) is 40.4. The van der Waals surface area contributed by atoms with Crippen LogP contribution in [0.2, 0.25) is 0 Å². The highest BCUT2D eigenvalue weighted by molar-refractivity contribution is 6.15. The SMILES string of the molecule is C=C(/N=C(\C=C(/CC)c1ccc2c3ccc(-c4cc(-c5ccccc5)nc(-c5ccccc5)n4)cc3n(-c3nc4ccccc4c4nc5ccccc5n34)c2c1)c1ccccc1)c1ccccc1. The Kier molecular flexibility index (Phi) is 10.1. The van der Waals surface area contributed by atoms with E-state index in [2.05, 4.69) is 156 Å². The summed E-state index contributed by atoms with van der Waals surface area (Å²) in [6.45, 7) is 6.60. The van der Waals surface area contributed by atoms with Crippen LogP contribution in [0.3, 0.4) is 0 Å². The lowest BCUT2D eigenvalue weighted by Crippen LogP contribution is -2.06. The third-order valence-corrected chi connectivity index (χ3v) is 12.7. The van der Waals surface area contributed by atoms with Crippen LogP contribution in [-0.2, 0) is 0 Å². The lowest BCUT2D eigenvalue weighted by atomic mass is 9.98. The largest absolute Gasteiger partial charge is 0.279 e. The molecule has 0 atom stereocenters. The van der Waals surface area contributed by atoms with Gasteiger partial charge < -0.3 is 0 Å². The Bertz CT molecular complexity index is 3890. The molecule has 68 heavy (non-hydrogen) atoms. The number of hydrogen-bond acceptors (Lipinski definition) is 5. The van der Waals surface area contributed by atoms with Gasteiger partial charge in [-0.3, -0.25) is 8.97 Å². The first-order chi connectivity index (χ1) is 33.6. The summed E-state index contributed by atoms with van der Waals surface area (Å²) in [7, 11) is 0. The number of aliphatic imine (C=N–C) groups is 1. The number of aromatic nitrogens is 6. The number of allylic oxidation sites excluding steroid dienone is 2. The zero-order chi connectivity index (χ0) is 45.6. The van der Waals surface area contributed by atoms with Gasteiger partial charge in [0.15, 0.2) is 5.82 Å². The molecule has 0 bridgehead atoms. The van der Waals surface area contributed by atoms with Crippen LogP contribution < -0.4 is 0 Å². The fraction of sp³-hybridized carbons (Fsp3) is 0.0328. The molecule has 7 heteroatoms. The summed E-state index contributed by atoms with van der Waals surface area (Å²) in [5.41, 5.74) is 16.0. The lowest BCUT2D eigenvalue weighted by molar-refractivity contribution is 0.979. The molecule has 0 fully saturated rings.